The molecule has 25 heteroatoms. The van der Waals surface area contributed by atoms with Gasteiger partial charge in [0.25, 0.3) is 0 Å². The van der Waals surface area contributed by atoms with E-state index in [1.807, 2.05) is 5.32 Å². The summed E-state index contributed by atoms with van der Waals surface area (Å²) in [6, 6.07) is -7.81. The Kier molecular flexibility index (Phi) is 21.0. The molecule has 0 saturated heterocycles. The molecule has 25 nitrogen and oxygen atoms in total. The molecule has 16 N–H and O–H groups in total. The number of nitrogens with two attached hydrogens (primary N) is 1. The Balaban J connectivity index is 3.54. The zero-order valence-corrected chi connectivity index (χ0v) is 32.6. The van der Waals surface area contributed by atoms with Crippen LogP contribution in [0.1, 0.15) is 58.4 Å². The minimum atomic E-state index is -2.08. The van der Waals surface area contributed by atoms with Crippen LogP contribution in [-0.4, -0.2) is 161 Å². The summed E-state index contributed by atoms with van der Waals surface area (Å²) in [5.74, 6) is -14.0. The van der Waals surface area contributed by atoms with Gasteiger partial charge in [-0.2, -0.15) is 0 Å². The van der Waals surface area contributed by atoms with Crippen LogP contribution < -0.4 is 37.6 Å². The average Bonchev–Trinajstić information content (AvgIpc) is 3.14. The van der Waals surface area contributed by atoms with E-state index in [1.165, 1.54) is 24.3 Å². The lowest BCUT2D eigenvalue weighted by molar-refractivity contribution is -0.145. The number of amides is 6. The lowest BCUT2D eigenvalue weighted by atomic mass is 10.0. The number of nitrogens with one attached hydrogen (secondary N) is 6. The van der Waals surface area contributed by atoms with Crippen LogP contribution in [0.3, 0.4) is 0 Å². The summed E-state index contributed by atoms with van der Waals surface area (Å²) in [6.07, 6.45) is -9.21. The molecular formula is C35H51N7O18. The van der Waals surface area contributed by atoms with Crippen LogP contribution in [0.25, 0.3) is 0 Å². The Labute approximate surface area is 341 Å². The van der Waals surface area contributed by atoms with E-state index in [1.54, 1.807) is 0 Å². The van der Waals surface area contributed by atoms with Crippen LogP contribution in [0, 0.1) is 0 Å². The van der Waals surface area contributed by atoms with Gasteiger partial charge < -0.3 is 78.5 Å². The van der Waals surface area contributed by atoms with Crippen LogP contribution in [0.2, 0.25) is 0 Å². The Morgan fingerprint density at radius 1 is 0.517 bits per heavy atom. The number of hydrogen-bond acceptors (Lipinski definition) is 15. The third kappa shape index (κ3) is 18.0. The molecule has 334 valence electrons. The molecule has 0 unspecified atom stereocenters. The first kappa shape index (κ1) is 51.6. The summed E-state index contributed by atoms with van der Waals surface area (Å²) in [6.45, 7) is 3.26. The second-order valence-electron chi connectivity index (χ2n) is 13.6. The van der Waals surface area contributed by atoms with E-state index in [0.717, 1.165) is 20.8 Å². The molecule has 6 amide bonds. The molecule has 60 heavy (non-hydrogen) atoms. The number of aliphatic hydroxyl groups is 3. The fourth-order valence-electron chi connectivity index (χ4n) is 5.13. The van der Waals surface area contributed by atoms with Gasteiger partial charge in [-0.1, -0.05) is 12.1 Å². The van der Waals surface area contributed by atoms with Gasteiger partial charge in [-0.15, -0.1) is 0 Å². The zero-order chi connectivity index (χ0) is 46.0. The van der Waals surface area contributed by atoms with Gasteiger partial charge in [0.2, 0.25) is 35.4 Å². The highest BCUT2D eigenvalue weighted by Gasteiger charge is 2.36. The van der Waals surface area contributed by atoms with Crippen molar-refractivity contribution in [2.45, 2.75) is 120 Å². The summed E-state index contributed by atoms with van der Waals surface area (Å²) in [5, 5.41) is 89.5. The lowest BCUT2D eigenvalue weighted by Gasteiger charge is -2.28. The molecule has 0 spiro atoms. The first-order valence-corrected chi connectivity index (χ1v) is 18.1. The molecule has 0 aliphatic rings. The van der Waals surface area contributed by atoms with Crippen molar-refractivity contribution in [2.75, 3.05) is 0 Å². The number of carbonyl (C=O) groups excluding carboxylic acids is 6. The largest absolute Gasteiger partial charge is 0.508 e. The first-order valence-electron chi connectivity index (χ1n) is 18.1. The van der Waals surface area contributed by atoms with E-state index in [0.29, 0.717) is 0 Å². The van der Waals surface area contributed by atoms with Crippen molar-refractivity contribution >= 4 is 59.3 Å². The number of benzene rings is 1. The highest BCUT2D eigenvalue weighted by molar-refractivity contribution is 5.98. The molecule has 0 aromatic heterocycles. The van der Waals surface area contributed by atoms with Crippen molar-refractivity contribution in [2.24, 2.45) is 5.73 Å². The molecule has 0 fully saturated rings. The van der Waals surface area contributed by atoms with Crippen molar-refractivity contribution in [1.29, 1.82) is 0 Å². The number of carboxylic acid groups (broad SMARTS) is 4. The van der Waals surface area contributed by atoms with E-state index in [2.05, 4.69) is 26.6 Å². The van der Waals surface area contributed by atoms with Gasteiger partial charge in [0.15, 0.2) is 6.04 Å². The summed E-state index contributed by atoms with van der Waals surface area (Å²) < 4.78 is 0. The molecule has 0 saturated carbocycles. The van der Waals surface area contributed by atoms with Crippen LogP contribution in [0.5, 0.6) is 5.75 Å². The third-order valence-corrected chi connectivity index (χ3v) is 8.51. The Bertz CT molecular complexity index is 1720. The standard InChI is InChI=1S/C35H51N7O18/c1-14(43)26(36)33(57)41-27(15(2)44)34(58)38-19(8-10-23(47)48)29(53)40-22(13-25(51)52)32(56)39-21(12-17-4-6-18(46)7-5-17)31(55)37-20(9-11-24(49)50)30(54)42-28(16(3)45)35(59)60/h4-7,14-16,19-22,26-28,43-46H,8-13,36H2,1-3H3,(H,37,55)(H,38,58)(H,39,56)(H,40,53)(H,41,57)(H,42,54)(H,47,48)(H,49,50)(H,51,52)(H,59,60)/t14-,15-,16-,19+,20+,21+,22+,26+,27+,28+/m1/s1. The number of hydrogen-bond donors (Lipinski definition) is 15. The second kappa shape index (κ2) is 24.5. The molecule has 0 radical (unpaired) electrons. The topological polar surface area (TPSA) is 431 Å². The van der Waals surface area contributed by atoms with E-state index >= 15 is 0 Å². The Morgan fingerprint density at radius 2 is 0.917 bits per heavy atom. The summed E-state index contributed by atoms with van der Waals surface area (Å²) in [4.78, 5) is 126. The van der Waals surface area contributed by atoms with Gasteiger partial charge in [0, 0.05) is 19.3 Å². The Morgan fingerprint density at radius 3 is 1.35 bits per heavy atom. The fraction of sp³-hybridized carbons (Fsp3) is 0.543. The Hall–Kier alpha value is -6.44. The number of aliphatic hydroxyl groups excluding tert-OH is 3. The van der Waals surface area contributed by atoms with Crippen LogP contribution in [-0.2, 0) is 54.4 Å². The minimum absolute atomic E-state index is 0.209. The predicted octanol–water partition coefficient (Wildman–Crippen LogP) is -5.40. The van der Waals surface area contributed by atoms with Crippen LogP contribution in [0.15, 0.2) is 24.3 Å². The number of aliphatic carboxylic acids is 4. The molecule has 0 heterocycles. The maximum atomic E-state index is 13.7. The maximum absolute atomic E-state index is 13.7. The molecule has 1 rings (SSSR count). The first-order chi connectivity index (χ1) is 27.8. The van der Waals surface area contributed by atoms with Gasteiger partial charge in [0.1, 0.15) is 42.0 Å². The molecule has 0 bridgehead atoms. The quantitative estimate of drug-likeness (QED) is 0.0413. The van der Waals surface area contributed by atoms with Crippen molar-refractivity contribution in [3.63, 3.8) is 0 Å². The van der Waals surface area contributed by atoms with Gasteiger partial charge in [-0.3, -0.25) is 43.2 Å². The monoisotopic (exact) mass is 857 g/mol. The highest BCUT2D eigenvalue weighted by atomic mass is 16.4. The highest BCUT2D eigenvalue weighted by Crippen LogP contribution is 2.13. The van der Waals surface area contributed by atoms with E-state index in [-0.39, 0.29) is 11.3 Å². The van der Waals surface area contributed by atoms with Gasteiger partial charge in [-0.25, -0.2) is 4.79 Å². The number of aromatic hydroxyl groups is 1. The van der Waals surface area contributed by atoms with Crippen molar-refractivity contribution in [3.05, 3.63) is 29.8 Å². The van der Waals surface area contributed by atoms with Crippen molar-refractivity contribution in [1.82, 2.24) is 31.9 Å². The van der Waals surface area contributed by atoms with Gasteiger partial charge >= 0.3 is 23.9 Å². The third-order valence-electron chi connectivity index (χ3n) is 8.51. The van der Waals surface area contributed by atoms with Crippen molar-refractivity contribution in [3.8, 4) is 5.75 Å². The van der Waals surface area contributed by atoms with E-state index in [9.17, 15) is 88.8 Å². The molecular weight excluding hydrogens is 806 g/mol. The lowest BCUT2D eigenvalue weighted by Crippen LogP contribution is -2.62. The number of carboxylic acids is 4. The normalized spacial score (nSPS) is 16.0. The van der Waals surface area contributed by atoms with Crippen LogP contribution in [0.4, 0.5) is 0 Å². The number of phenolic OH excluding ortho intramolecular Hbond substituents is 1. The smallest absolute Gasteiger partial charge is 0.328 e. The van der Waals surface area contributed by atoms with Gasteiger partial charge in [-0.05, 0) is 51.3 Å². The molecule has 0 aliphatic heterocycles. The predicted molar refractivity (Wildman–Crippen MR) is 200 cm³/mol. The second-order valence-corrected chi connectivity index (χ2v) is 13.6. The maximum Gasteiger partial charge on any atom is 0.328 e. The molecule has 0 aliphatic carbocycles. The number of carbonyl (C=O) groups is 10. The van der Waals surface area contributed by atoms with E-state index < -0.39 is 158 Å². The van der Waals surface area contributed by atoms with Gasteiger partial charge in [0.05, 0.1) is 24.7 Å². The summed E-state index contributed by atoms with van der Waals surface area (Å²) in [5.41, 5.74) is 5.81. The number of rotatable bonds is 26. The number of phenols is 1. The molecule has 1 aromatic carbocycles. The zero-order valence-electron chi connectivity index (χ0n) is 32.6. The SMILES string of the molecule is C[C@@H](O)[C@H](N)C(=O)N[C@H](C(=O)N[C@@H](CCC(=O)O)C(=O)N[C@@H](CC(=O)O)C(=O)N[C@@H](Cc1ccc(O)cc1)C(=O)N[C@@H](CCC(=O)O)C(=O)N[C@H](C(=O)O)[C@@H](C)O)[C@@H](C)O. The van der Waals surface area contributed by atoms with E-state index in [4.69, 9.17) is 5.73 Å². The molecule has 1 aromatic rings. The summed E-state index contributed by atoms with van der Waals surface area (Å²) in [7, 11) is 0. The van der Waals surface area contributed by atoms with Crippen molar-refractivity contribution < 1.29 is 88.8 Å². The minimum Gasteiger partial charge on any atom is -0.508 e. The molecule has 10 atom stereocenters. The van der Waals surface area contributed by atoms with Crippen LogP contribution >= 0.6 is 0 Å². The summed E-state index contributed by atoms with van der Waals surface area (Å²) >= 11 is 0. The average molecular weight is 858 g/mol. The fourth-order valence-corrected chi connectivity index (χ4v) is 5.13.